The van der Waals surface area contributed by atoms with Crippen molar-refractivity contribution in [2.45, 2.75) is 26.4 Å². The first-order valence-electron chi connectivity index (χ1n) is 5.78. The molecule has 2 unspecified atom stereocenters. The Labute approximate surface area is 107 Å². The van der Waals surface area contributed by atoms with Crippen LogP contribution in [0, 0.1) is 17.7 Å². The first-order valence-corrected chi connectivity index (χ1v) is 6.16. The lowest BCUT2D eigenvalue weighted by atomic mass is 9.88. The minimum atomic E-state index is -0.875. The van der Waals surface area contributed by atoms with Crippen molar-refractivity contribution in [3.63, 3.8) is 0 Å². The van der Waals surface area contributed by atoms with Gasteiger partial charge in [-0.1, -0.05) is 31.5 Å². The van der Waals surface area contributed by atoms with Crippen LogP contribution in [0.1, 0.15) is 31.9 Å². The van der Waals surface area contributed by atoms with E-state index in [9.17, 15) is 9.50 Å². The zero-order valence-electron chi connectivity index (χ0n) is 10.2. The Hall–Kier alpha value is -0.640. The molecule has 96 valence electrons. The van der Waals surface area contributed by atoms with Gasteiger partial charge in [-0.2, -0.15) is 0 Å². The van der Waals surface area contributed by atoms with Gasteiger partial charge in [0.2, 0.25) is 0 Å². The molecule has 1 rings (SSSR count). The lowest BCUT2D eigenvalue weighted by molar-refractivity contribution is 0.0960. The second kappa shape index (κ2) is 6.34. The van der Waals surface area contributed by atoms with Gasteiger partial charge in [0.25, 0.3) is 0 Å². The minimum absolute atomic E-state index is 0.134. The quantitative estimate of drug-likeness (QED) is 0.853. The lowest BCUT2D eigenvalue weighted by Crippen LogP contribution is -2.24. The molecule has 0 saturated heterocycles. The molecule has 3 N–H and O–H groups in total. The van der Waals surface area contributed by atoms with E-state index < -0.39 is 11.9 Å². The van der Waals surface area contributed by atoms with Crippen LogP contribution in [0.25, 0.3) is 0 Å². The highest BCUT2D eigenvalue weighted by Crippen LogP contribution is 2.29. The molecular formula is C13H19ClFNO. The number of halogens is 2. The summed E-state index contributed by atoms with van der Waals surface area (Å²) in [5.74, 6) is -0.202. The highest BCUT2D eigenvalue weighted by molar-refractivity contribution is 6.30. The number of nitrogens with two attached hydrogens (primary N) is 1. The van der Waals surface area contributed by atoms with Crippen molar-refractivity contribution in [3.8, 4) is 0 Å². The summed E-state index contributed by atoms with van der Waals surface area (Å²) in [5.41, 5.74) is 5.90. The van der Waals surface area contributed by atoms with Crippen molar-refractivity contribution in [3.05, 3.63) is 34.6 Å². The normalized spacial score (nSPS) is 15.0. The number of hydrogen-bond donors (Lipinski definition) is 2. The lowest BCUT2D eigenvalue weighted by Gasteiger charge is -2.23. The Morgan fingerprint density at radius 1 is 1.41 bits per heavy atom. The van der Waals surface area contributed by atoms with Crippen LogP contribution in [0.3, 0.4) is 0 Å². The Morgan fingerprint density at radius 3 is 2.53 bits per heavy atom. The van der Waals surface area contributed by atoms with E-state index in [1.54, 1.807) is 6.07 Å². The minimum Gasteiger partial charge on any atom is -0.388 e. The molecule has 17 heavy (non-hydrogen) atoms. The van der Waals surface area contributed by atoms with E-state index in [1.165, 1.54) is 12.1 Å². The van der Waals surface area contributed by atoms with Crippen molar-refractivity contribution in [2.24, 2.45) is 17.6 Å². The number of hydrogen-bond acceptors (Lipinski definition) is 2. The van der Waals surface area contributed by atoms with Crippen LogP contribution >= 0.6 is 11.6 Å². The van der Waals surface area contributed by atoms with E-state index in [0.29, 0.717) is 17.5 Å². The average Bonchev–Trinajstić information content (AvgIpc) is 2.24. The summed E-state index contributed by atoms with van der Waals surface area (Å²) in [6.45, 7) is 4.43. The van der Waals surface area contributed by atoms with E-state index in [2.05, 4.69) is 0 Å². The molecule has 0 heterocycles. The number of rotatable bonds is 5. The van der Waals surface area contributed by atoms with Crippen LogP contribution in [0.5, 0.6) is 0 Å². The predicted octanol–water partition coefficient (Wildman–Crippen LogP) is 3.13. The number of benzene rings is 1. The number of aliphatic hydroxyl groups is 1. The molecule has 0 fully saturated rings. The summed E-state index contributed by atoms with van der Waals surface area (Å²) in [6, 6.07) is 4.31. The molecule has 1 aromatic rings. The van der Waals surface area contributed by atoms with Crippen molar-refractivity contribution < 1.29 is 9.50 Å². The van der Waals surface area contributed by atoms with E-state index in [-0.39, 0.29) is 11.5 Å². The topological polar surface area (TPSA) is 46.2 Å². The SMILES string of the molecule is CC(C)CC(CN)C(O)c1ccc(Cl)cc1F. The van der Waals surface area contributed by atoms with Crippen LogP contribution < -0.4 is 5.73 Å². The maximum absolute atomic E-state index is 13.6. The van der Waals surface area contributed by atoms with Crippen LogP contribution in [0.15, 0.2) is 18.2 Å². The van der Waals surface area contributed by atoms with E-state index >= 15 is 0 Å². The van der Waals surface area contributed by atoms with Crippen molar-refractivity contribution in [1.29, 1.82) is 0 Å². The van der Waals surface area contributed by atoms with E-state index in [4.69, 9.17) is 17.3 Å². The highest BCUT2D eigenvalue weighted by atomic mass is 35.5. The molecule has 0 amide bonds. The molecule has 1 aromatic carbocycles. The molecule has 0 aliphatic heterocycles. The predicted molar refractivity (Wildman–Crippen MR) is 68.4 cm³/mol. The van der Waals surface area contributed by atoms with Gasteiger partial charge in [-0.15, -0.1) is 0 Å². The molecule has 4 heteroatoms. The van der Waals surface area contributed by atoms with Gasteiger partial charge in [-0.3, -0.25) is 0 Å². The van der Waals surface area contributed by atoms with Gasteiger partial charge in [0.15, 0.2) is 0 Å². The molecule has 0 bridgehead atoms. The monoisotopic (exact) mass is 259 g/mol. The number of aliphatic hydroxyl groups excluding tert-OH is 1. The average molecular weight is 260 g/mol. The summed E-state index contributed by atoms with van der Waals surface area (Å²) < 4.78 is 13.6. The maximum Gasteiger partial charge on any atom is 0.130 e. The van der Waals surface area contributed by atoms with Crippen LogP contribution in [0.2, 0.25) is 5.02 Å². The fourth-order valence-corrected chi connectivity index (χ4v) is 2.11. The Kier molecular flexibility index (Phi) is 5.37. The van der Waals surface area contributed by atoms with Crippen LogP contribution in [-0.2, 0) is 0 Å². The Bertz CT molecular complexity index is 370. The molecule has 0 saturated carbocycles. The molecule has 0 aromatic heterocycles. The third-order valence-electron chi connectivity index (χ3n) is 2.80. The Morgan fingerprint density at radius 2 is 2.06 bits per heavy atom. The molecule has 2 atom stereocenters. The van der Waals surface area contributed by atoms with Gasteiger partial charge in [-0.25, -0.2) is 4.39 Å². The van der Waals surface area contributed by atoms with Crippen molar-refractivity contribution in [2.75, 3.05) is 6.54 Å². The van der Waals surface area contributed by atoms with Gasteiger partial charge in [0.1, 0.15) is 5.82 Å². The molecule has 2 nitrogen and oxygen atoms in total. The third-order valence-corrected chi connectivity index (χ3v) is 3.04. The first kappa shape index (κ1) is 14.4. The summed E-state index contributed by atoms with van der Waals surface area (Å²) in [6.07, 6.45) is -0.112. The maximum atomic E-state index is 13.6. The standard InChI is InChI=1S/C13H19ClFNO/c1-8(2)5-9(7-16)13(17)11-4-3-10(14)6-12(11)15/h3-4,6,8-9,13,17H,5,7,16H2,1-2H3. The van der Waals surface area contributed by atoms with Crippen LogP contribution in [-0.4, -0.2) is 11.7 Å². The molecule has 0 spiro atoms. The molecule has 0 aliphatic carbocycles. The largest absolute Gasteiger partial charge is 0.388 e. The fourth-order valence-electron chi connectivity index (χ4n) is 1.95. The van der Waals surface area contributed by atoms with E-state index in [0.717, 1.165) is 6.42 Å². The first-order chi connectivity index (χ1) is 7.95. The zero-order valence-corrected chi connectivity index (χ0v) is 10.9. The molecule has 0 aliphatic rings. The third kappa shape index (κ3) is 3.95. The molecular weight excluding hydrogens is 241 g/mol. The summed E-state index contributed by atoms with van der Waals surface area (Å²) in [4.78, 5) is 0. The smallest absolute Gasteiger partial charge is 0.130 e. The van der Waals surface area contributed by atoms with Gasteiger partial charge in [-0.05, 0) is 31.0 Å². The second-order valence-electron chi connectivity index (χ2n) is 4.74. The highest BCUT2D eigenvalue weighted by Gasteiger charge is 2.23. The Balaban J connectivity index is 2.89. The summed E-state index contributed by atoms with van der Waals surface area (Å²) in [7, 11) is 0. The van der Waals surface area contributed by atoms with Gasteiger partial charge in [0.05, 0.1) is 6.10 Å². The summed E-state index contributed by atoms with van der Waals surface area (Å²) in [5, 5.41) is 10.5. The van der Waals surface area contributed by atoms with Gasteiger partial charge in [0, 0.05) is 16.5 Å². The van der Waals surface area contributed by atoms with Crippen molar-refractivity contribution in [1.82, 2.24) is 0 Å². The molecule has 0 radical (unpaired) electrons. The van der Waals surface area contributed by atoms with Crippen LogP contribution in [0.4, 0.5) is 4.39 Å². The fraction of sp³-hybridized carbons (Fsp3) is 0.538. The van der Waals surface area contributed by atoms with Gasteiger partial charge >= 0.3 is 0 Å². The van der Waals surface area contributed by atoms with Gasteiger partial charge < -0.3 is 10.8 Å². The summed E-state index contributed by atoms with van der Waals surface area (Å²) >= 11 is 5.67. The second-order valence-corrected chi connectivity index (χ2v) is 5.17. The van der Waals surface area contributed by atoms with Crippen molar-refractivity contribution >= 4 is 11.6 Å². The van der Waals surface area contributed by atoms with E-state index in [1.807, 2.05) is 13.8 Å². The zero-order chi connectivity index (χ0) is 13.0.